The minimum Gasteiger partial charge on any atom is -0.380 e. The van der Waals surface area contributed by atoms with Crippen molar-refractivity contribution >= 4 is 33.2 Å². The topological polar surface area (TPSA) is 12.0 Å². The summed E-state index contributed by atoms with van der Waals surface area (Å²) >= 11 is 8.74. The molecule has 21 heavy (non-hydrogen) atoms. The highest BCUT2D eigenvalue weighted by Gasteiger charge is 2.30. The van der Waals surface area contributed by atoms with Crippen LogP contribution in [0.3, 0.4) is 0 Å². The zero-order chi connectivity index (χ0) is 15.6. The molecule has 0 fully saturated rings. The minimum absolute atomic E-state index is 0.000927. The van der Waals surface area contributed by atoms with Gasteiger partial charge in [-0.05, 0) is 51.8 Å². The third kappa shape index (κ3) is 4.11. The summed E-state index contributed by atoms with van der Waals surface area (Å²) in [5.74, 6) is -0.570. The van der Waals surface area contributed by atoms with E-state index in [0.717, 1.165) is 12.1 Å². The predicted octanol–water partition coefficient (Wildman–Crippen LogP) is 5.87. The monoisotopic (exact) mass is 381 g/mol. The molecular formula is C14H9BrClF4N. The third-order valence-electron chi connectivity index (χ3n) is 2.76. The lowest BCUT2D eigenvalue weighted by Crippen LogP contribution is -2.07. The quantitative estimate of drug-likeness (QED) is 0.654. The van der Waals surface area contributed by atoms with E-state index in [1.54, 1.807) is 6.07 Å². The van der Waals surface area contributed by atoms with Gasteiger partial charge in [0.05, 0.1) is 10.6 Å². The molecule has 0 aliphatic carbocycles. The highest BCUT2D eigenvalue weighted by atomic mass is 79.9. The van der Waals surface area contributed by atoms with Gasteiger partial charge < -0.3 is 5.32 Å². The number of nitrogens with one attached hydrogen (secondary N) is 1. The van der Waals surface area contributed by atoms with Gasteiger partial charge in [-0.3, -0.25) is 0 Å². The fourth-order valence-electron chi connectivity index (χ4n) is 1.68. The molecule has 0 saturated heterocycles. The zero-order valence-corrected chi connectivity index (χ0v) is 12.8. The molecule has 0 spiro atoms. The second-order valence-corrected chi connectivity index (χ2v) is 5.56. The standard InChI is InChI=1S/C14H9BrClF4N/c15-10-3-2-9(14(18,19)20)6-13(10)21-7-8-1-4-11(16)12(17)5-8/h1-6,21H,7H2. The molecule has 1 nitrogen and oxygen atoms in total. The first-order chi connectivity index (χ1) is 9.77. The molecule has 2 rings (SSSR count). The number of hydrogen-bond acceptors (Lipinski definition) is 1. The molecule has 0 bridgehead atoms. The van der Waals surface area contributed by atoms with E-state index in [1.807, 2.05) is 0 Å². The van der Waals surface area contributed by atoms with Gasteiger partial charge in [0.25, 0.3) is 0 Å². The molecule has 0 atom stereocenters. The minimum atomic E-state index is -4.41. The number of benzene rings is 2. The van der Waals surface area contributed by atoms with E-state index in [-0.39, 0.29) is 17.3 Å². The number of alkyl halides is 3. The number of hydrogen-bond donors (Lipinski definition) is 1. The van der Waals surface area contributed by atoms with Crippen LogP contribution in [-0.4, -0.2) is 0 Å². The van der Waals surface area contributed by atoms with Crippen molar-refractivity contribution < 1.29 is 17.6 Å². The van der Waals surface area contributed by atoms with Crippen LogP contribution in [0.1, 0.15) is 11.1 Å². The van der Waals surface area contributed by atoms with Crippen molar-refractivity contribution in [2.45, 2.75) is 12.7 Å². The van der Waals surface area contributed by atoms with Gasteiger partial charge in [-0.2, -0.15) is 13.2 Å². The second kappa shape index (κ2) is 6.23. The van der Waals surface area contributed by atoms with Crippen molar-refractivity contribution in [3.05, 3.63) is 62.8 Å². The smallest absolute Gasteiger partial charge is 0.380 e. The molecule has 7 heteroatoms. The Labute approximate surface area is 132 Å². The molecule has 112 valence electrons. The first-order valence-corrected chi connectivity index (χ1v) is 6.99. The zero-order valence-electron chi connectivity index (χ0n) is 10.4. The van der Waals surface area contributed by atoms with Gasteiger partial charge in [0, 0.05) is 16.7 Å². The second-order valence-electron chi connectivity index (χ2n) is 4.29. The molecule has 1 N–H and O–H groups in total. The summed E-state index contributed by atoms with van der Waals surface area (Å²) in [6.45, 7) is 0.175. The number of anilines is 1. The molecular weight excluding hydrogens is 374 g/mol. The first kappa shape index (κ1) is 16.1. The van der Waals surface area contributed by atoms with Gasteiger partial charge in [-0.25, -0.2) is 4.39 Å². The Balaban J connectivity index is 2.17. The molecule has 0 heterocycles. The Morgan fingerprint density at radius 2 is 1.81 bits per heavy atom. The Morgan fingerprint density at radius 1 is 1.10 bits per heavy atom. The summed E-state index contributed by atoms with van der Waals surface area (Å²) in [4.78, 5) is 0. The average Bonchev–Trinajstić information content (AvgIpc) is 2.40. The average molecular weight is 383 g/mol. The van der Waals surface area contributed by atoms with E-state index >= 15 is 0 Å². The molecule has 0 unspecified atom stereocenters. The van der Waals surface area contributed by atoms with E-state index in [4.69, 9.17) is 11.6 Å². The van der Waals surface area contributed by atoms with Gasteiger partial charge in [0.1, 0.15) is 5.82 Å². The summed E-state index contributed by atoms with van der Waals surface area (Å²) in [7, 11) is 0. The van der Waals surface area contributed by atoms with Crippen LogP contribution < -0.4 is 5.32 Å². The summed E-state index contributed by atoms with van der Waals surface area (Å²) in [6.07, 6.45) is -4.41. The summed E-state index contributed by atoms with van der Waals surface area (Å²) in [5, 5.41) is 2.83. The van der Waals surface area contributed by atoms with E-state index in [0.29, 0.717) is 10.0 Å². The number of rotatable bonds is 3. The van der Waals surface area contributed by atoms with Gasteiger partial charge in [0.2, 0.25) is 0 Å². The van der Waals surface area contributed by atoms with Crippen molar-refractivity contribution in [3.63, 3.8) is 0 Å². The molecule has 2 aromatic carbocycles. The molecule has 0 radical (unpaired) electrons. The van der Waals surface area contributed by atoms with Crippen LogP contribution in [0.2, 0.25) is 5.02 Å². The third-order valence-corrected chi connectivity index (χ3v) is 3.76. The van der Waals surface area contributed by atoms with Crippen LogP contribution in [0, 0.1) is 5.82 Å². The lowest BCUT2D eigenvalue weighted by molar-refractivity contribution is -0.137. The lowest BCUT2D eigenvalue weighted by Gasteiger charge is -2.13. The lowest BCUT2D eigenvalue weighted by atomic mass is 10.1. The van der Waals surface area contributed by atoms with Gasteiger partial charge >= 0.3 is 6.18 Å². The highest BCUT2D eigenvalue weighted by Crippen LogP contribution is 2.34. The Morgan fingerprint density at radius 3 is 2.43 bits per heavy atom. The van der Waals surface area contributed by atoms with Crippen LogP contribution in [0.25, 0.3) is 0 Å². The Kier molecular flexibility index (Phi) is 4.78. The molecule has 0 amide bonds. The van der Waals surface area contributed by atoms with Crippen molar-refractivity contribution in [3.8, 4) is 0 Å². The summed E-state index contributed by atoms with van der Waals surface area (Å²) in [5.41, 5.74) is 0.0943. The summed E-state index contributed by atoms with van der Waals surface area (Å²) < 4.78 is 51.7. The maximum absolute atomic E-state index is 13.3. The molecule has 0 aromatic heterocycles. The Bertz CT molecular complexity index is 658. The van der Waals surface area contributed by atoms with Crippen molar-refractivity contribution in [1.82, 2.24) is 0 Å². The van der Waals surface area contributed by atoms with Crippen molar-refractivity contribution in [2.24, 2.45) is 0 Å². The van der Waals surface area contributed by atoms with Crippen LogP contribution >= 0.6 is 27.5 Å². The van der Waals surface area contributed by atoms with Gasteiger partial charge in [0.15, 0.2) is 0 Å². The maximum Gasteiger partial charge on any atom is 0.416 e. The van der Waals surface area contributed by atoms with Gasteiger partial charge in [-0.15, -0.1) is 0 Å². The normalized spacial score (nSPS) is 11.5. The number of halogens is 6. The summed E-state index contributed by atoms with van der Waals surface area (Å²) in [6, 6.07) is 7.52. The highest BCUT2D eigenvalue weighted by molar-refractivity contribution is 9.10. The largest absolute Gasteiger partial charge is 0.416 e. The molecule has 0 saturated carbocycles. The van der Waals surface area contributed by atoms with Crippen LogP contribution in [0.4, 0.5) is 23.2 Å². The van der Waals surface area contributed by atoms with Crippen molar-refractivity contribution in [2.75, 3.05) is 5.32 Å². The fourth-order valence-corrected chi connectivity index (χ4v) is 2.19. The fraction of sp³-hybridized carbons (Fsp3) is 0.143. The van der Waals surface area contributed by atoms with Crippen LogP contribution in [0.5, 0.6) is 0 Å². The van der Waals surface area contributed by atoms with E-state index in [1.165, 1.54) is 18.2 Å². The molecule has 0 aliphatic rings. The van der Waals surface area contributed by atoms with E-state index in [9.17, 15) is 17.6 Å². The first-order valence-electron chi connectivity index (χ1n) is 5.82. The van der Waals surface area contributed by atoms with E-state index < -0.39 is 17.6 Å². The SMILES string of the molecule is Fc1cc(CNc2cc(C(F)(F)F)ccc2Br)ccc1Cl. The van der Waals surface area contributed by atoms with Gasteiger partial charge in [-0.1, -0.05) is 17.7 Å². The van der Waals surface area contributed by atoms with Crippen molar-refractivity contribution in [1.29, 1.82) is 0 Å². The predicted molar refractivity (Wildman–Crippen MR) is 77.9 cm³/mol. The molecule has 0 aliphatic heterocycles. The maximum atomic E-state index is 13.3. The van der Waals surface area contributed by atoms with Crippen LogP contribution in [-0.2, 0) is 12.7 Å². The van der Waals surface area contributed by atoms with E-state index in [2.05, 4.69) is 21.2 Å². The Hall–Kier alpha value is -1.27. The molecule has 2 aromatic rings. The van der Waals surface area contributed by atoms with Crippen LogP contribution in [0.15, 0.2) is 40.9 Å².